The lowest BCUT2D eigenvalue weighted by Gasteiger charge is -2.25. The molecule has 0 saturated heterocycles. The molecule has 3 aromatic rings. The number of rotatable bonds is 11. The van der Waals surface area contributed by atoms with E-state index in [9.17, 15) is 27.6 Å². The molecule has 0 unspecified atom stereocenters. The predicted octanol–water partition coefficient (Wildman–Crippen LogP) is 6.47. The van der Waals surface area contributed by atoms with Gasteiger partial charge in [-0.05, 0) is 98.2 Å². The molecule has 0 aliphatic carbocycles. The summed E-state index contributed by atoms with van der Waals surface area (Å²) in [5.74, 6) is -2.95. The normalized spacial score (nSPS) is 11.8. The maximum absolute atomic E-state index is 15.6. The van der Waals surface area contributed by atoms with E-state index in [4.69, 9.17) is 18.9 Å². The van der Waals surface area contributed by atoms with Gasteiger partial charge in [0.25, 0.3) is 15.9 Å². The van der Waals surface area contributed by atoms with Gasteiger partial charge in [0, 0.05) is 6.08 Å². The zero-order valence-electron chi connectivity index (χ0n) is 31.1. The molecule has 0 aliphatic heterocycles. The van der Waals surface area contributed by atoms with Gasteiger partial charge in [0.1, 0.15) is 39.2 Å². The summed E-state index contributed by atoms with van der Waals surface area (Å²) in [6, 6.07) is 9.30. The number of thiazole rings is 1. The van der Waals surface area contributed by atoms with Crippen LogP contribution in [0.5, 0.6) is 5.75 Å². The Morgan fingerprint density at radius 1 is 0.849 bits per heavy atom. The van der Waals surface area contributed by atoms with Gasteiger partial charge in [0.2, 0.25) is 0 Å². The monoisotopic (exact) mass is 777 g/mol. The van der Waals surface area contributed by atoms with Gasteiger partial charge in [-0.15, -0.1) is 11.3 Å². The highest BCUT2D eigenvalue weighted by Gasteiger charge is 2.33. The highest BCUT2D eigenvalue weighted by molar-refractivity contribution is 7.93. The Kier molecular flexibility index (Phi) is 13.2. The van der Waals surface area contributed by atoms with Crippen molar-refractivity contribution >= 4 is 56.1 Å². The molecule has 3 rings (SSSR count). The van der Waals surface area contributed by atoms with E-state index in [1.807, 2.05) is 0 Å². The van der Waals surface area contributed by atoms with Crippen molar-refractivity contribution < 1.29 is 50.9 Å². The summed E-state index contributed by atoms with van der Waals surface area (Å²) in [6.45, 7) is 14.3. The molecule has 53 heavy (non-hydrogen) atoms. The summed E-state index contributed by atoms with van der Waals surface area (Å²) in [4.78, 5) is 54.5. The van der Waals surface area contributed by atoms with E-state index in [0.717, 1.165) is 33.9 Å². The van der Waals surface area contributed by atoms with Gasteiger partial charge in [-0.25, -0.2) is 32.2 Å². The third-order valence-electron chi connectivity index (χ3n) is 6.19. The van der Waals surface area contributed by atoms with Crippen molar-refractivity contribution in [2.45, 2.75) is 90.6 Å². The fraction of sp³-hybridized carbons (Fsp3) is 0.400. The summed E-state index contributed by atoms with van der Waals surface area (Å²) >= 11 is 0.871. The molecule has 1 aromatic heterocycles. The molecule has 0 spiro atoms. The summed E-state index contributed by atoms with van der Waals surface area (Å²) in [5, 5.41) is 6.65. The highest BCUT2D eigenvalue weighted by Crippen LogP contribution is 2.34. The number of alkyl carbamates (subject to hydrolysis) is 2. The fourth-order valence-electron chi connectivity index (χ4n) is 4.16. The molecule has 3 amide bonds. The number of hydrogen-bond acceptors (Lipinski definition) is 12. The van der Waals surface area contributed by atoms with E-state index >= 15 is 4.39 Å². The number of hydrogen-bond donors (Lipinski definition) is 3. The van der Waals surface area contributed by atoms with Gasteiger partial charge in [-0.2, -0.15) is 0 Å². The maximum Gasteiger partial charge on any atom is 0.413 e. The minimum atomic E-state index is -4.60. The Labute approximate surface area is 311 Å². The van der Waals surface area contributed by atoms with Crippen LogP contribution in [-0.2, 0) is 35.6 Å². The van der Waals surface area contributed by atoms with Gasteiger partial charge < -0.3 is 24.3 Å². The van der Waals surface area contributed by atoms with Crippen LogP contribution in [0.1, 0.15) is 78.4 Å². The first-order valence-corrected chi connectivity index (χ1v) is 18.3. The van der Waals surface area contributed by atoms with Crippen LogP contribution in [-0.4, -0.2) is 61.4 Å². The van der Waals surface area contributed by atoms with Gasteiger partial charge in [0.05, 0.1) is 29.7 Å². The molecule has 15 nitrogen and oxygen atoms in total. The third kappa shape index (κ3) is 13.0. The first kappa shape index (κ1) is 42.2. The minimum Gasteiger partial charge on any atom is -0.497 e. The number of halogens is 1. The number of carbonyl (C=O) groups is 4. The molecule has 2 aromatic carbocycles. The molecule has 0 saturated carbocycles. The first-order valence-electron chi connectivity index (χ1n) is 16.0. The van der Waals surface area contributed by atoms with E-state index in [0.29, 0.717) is 17.4 Å². The van der Waals surface area contributed by atoms with Crippen LogP contribution in [0, 0.1) is 5.82 Å². The smallest absolute Gasteiger partial charge is 0.413 e. The predicted molar refractivity (Wildman–Crippen MR) is 195 cm³/mol. The van der Waals surface area contributed by atoms with E-state index in [-0.39, 0.29) is 17.2 Å². The summed E-state index contributed by atoms with van der Waals surface area (Å²) < 4.78 is 65.9. The van der Waals surface area contributed by atoms with Crippen molar-refractivity contribution in [2.75, 3.05) is 16.7 Å². The molecule has 288 valence electrons. The zero-order valence-corrected chi connectivity index (χ0v) is 32.7. The lowest BCUT2D eigenvalue weighted by Crippen LogP contribution is -2.41. The van der Waals surface area contributed by atoms with E-state index in [1.54, 1.807) is 86.6 Å². The topological polar surface area (TPSA) is 192 Å². The Morgan fingerprint density at radius 3 is 1.89 bits per heavy atom. The standard InChI is InChI=1S/C35H44FN5O10S2/c1-33(2,3)49-30(43)28-29(52-20-37-28)41(19-21-11-13-22(48-10)14-12-21)53(46,47)23-15-16-25(24(36)17-23)38-27(42)18-26(39-31(44)50-34(4,5)6)40-32(45)51-35(7,8)9/h11-18,20H,19H2,1-10H3,(H,38,42)(H,39,44)(H,40,45). The summed E-state index contributed by atoms with van der Waals surface area (Å²) in [7, 11) is -3.12. The highest BCUT2D eigenvalue weighted by atomic mass is 32.2. The molecule has 3 N–H and O–H groups in total. The fourth-order valence-corrected chi connectivity index (χ4v) is 6.64. The van der Waals surface area contributed by atoms with Crippen molar-refractivity contribution in [2.24, 2.45) is 0 Å². The van der Waals surface area contributed by atoms with Crippen molar-refractivity contribution in [1.82, 2.24) is 15.6 Å². The first-order chi connectivity index (χ1) is 24.4. The molecule has 1 heterocycles. The van der Waals surface area contributed by atoms with Gasteiger partial charge in [0.15, 0.2) is 5.69 Å². The van der Waals surface area contributed by atoms with Crippen molar-refractivity contribution in [3.05, 3.63) is 76.9 Å². The van der Waals surface area contributed by atoms with Crippen molar-refractivity contribution in [1.29, 1.82) is 0 Å². The molecule has 0 bridgehead atoms. The molecule has 0 atom stereocenters. The largest absolute Gasteiger partial charge is 0.497 e. The molecule has 18 heteroatoms. The van der Waals surface area contributed by atoms with Gasteiger partial charge >= 0.3 is 18.2 Å². The summed E-state index contributed by atoms with van der Waals surface area (Å²) in [6.07, 6.45) is -1.28. The number of benzene rings is 2. The average molecular weight is 778 g/mol. The second-order valence-electron chi connectivity index (χ2n) is 14.3. The second-order valence-corrected chi connectivity index (χ2v) is 17.0. The van der Waals surface area contributed by atoms with Crippen LogP contribution >= 0.6 is 11.3 Å². The Morgan fingerprint density at radius 2 is 1.40 bits per heavy atom. The zero-order chi connectivity index (χ0) is 39.9. The number of carbonyl (C=O) groups excluding carboxylic acids is 4. The molecular weight excluding hydrogens is 734 g/mol. The number of nitrogens with zero attached hydrogens (tertiary/aromatic N) is 2. The number of anilines is 2. The summed E-state index contributed by atoms with van der Waals surface area (Å²) in [5.41, 5.74) is -1.64. The van der Waals surface area contributed by atoms with Crippen LogP contribution in [0.25, 0.3) is 0 Å². The molecule has 0 fully saturated rings. The lowest BCUT2D eigenvalue weighted by molar-refractivity contribution is -0.112. The number of sulfonamides is 1. The van der Waals surface area contributed by atoms with Crippen molar-refractivity contribution in [3.8, 4) is 5.75 Å². The van der Waals surface area contributed by atoms with E-state index < -0.39 is 73.1 Å². The average Bonchev–Trinajstić information content (AvgIpc) is 3.48. The molecule has 0 radical (unpaired) electrons. The molecule has 0 aliphatic rings. The van der Waals surface area contributed by atoms with Gasteiger partial charge in [-0.3, -0.25) is 19.7 Å². The number of esters is 1. The number of nitrogens with one attached hydrogen (secondary N) is 3. The van der Waals surface area contributed by atoms with Gasteiger partial charge in [-0.1, -0.05) is 12.1 Å². The van der Waals surface area contributed by atoms with Crippen LogP contribution in [0.4, 0.5) is 24.7 Å². The van der Waals surface area contributed by atoms with E-state index in [1.165, 1.54) is 12.6 Å². The quantitative estimate of drug-likeness (QED) is 0.110. The number of amides is 3. The minimum absolute atomic E-state index is 0.0690. The number of methoxy groups -OCH3 is 1. The third-order valence-corrected chi connectivity index (χ3v) is 8.89. The second kappa shape index (κ2) is 16.6. The number of ether oxygens (including phenoxy) is 4. The van der Waals surface area contributed by atoms with Crippen LogP contribution < -0.4 is 25.0 Å². The molecular formula is C35H44FN5O10S2. The number of aromatic nitrogens is 1. The Bertz CT molecular complexity index is 1930. The van der Waals surface area contributed by atoms with Crippen LogP contribution in [0.15, 0.2) is 64.8 Å². The Hall–Kier alpha value is -5.23. The SMILES string of the molecule is COc1ccc(CN(c2scnc2C(=O)OC(C)(C)C)S(=O)(=O)c2ccc(NC(=O)C=C(NC(=O)OC(C)(C)C)NC(=O)OC(C)(C)C)c(F)c2)cc1. The Balaban J connectivity index is 1.97. The van der Waals surface area contributed by atoms with Crippen molar-refractivity contribution in [3.63, 3.8) is 0 Å². The lowest BCUT2D eigenvalue weighted by atomic mass is 10.2. The van der Waals surface area contributed by atoms with Crippen LogP contribution in [0.2, 0.25) is 0 Å². The van der Waals surface area contributed by atoms with E-state index in [2.05, 4.69) is 20.9 Å². The maximum atomic E-state index is 15.6. The van der Waals surface area contributed by atoms with Crippen LogP contribution in [0.3, 0.4) is 0 Å².